The average molecular weight is 283 g/mol. The Morgan fingerprint density at radius 1 is 1.24 bits per heavy atom. The zero-order valence-electron chi connectivity index (χ0n) is 12.2. The fourth-order valence-electron chi connectivity index (χ4n) is 3.44. The fraction of sp³-hybridized carbons (Fsp3) is 0.471. The Labute approximate surface area is 125 Å². The third-order valence-corrected chi connectivity index (χ3v) is 4.46. The normalized spacial score (nSPS) is 22.0. The van der Waals surface area contributed by atoms with Crippen LogP contribution in [0.5, 0.6) is 0 Å². The first-order valence-electron chi connectivity index (χ1n) is 7.87. The molecule has 0 amide bonds. The molecule has 110 valence electrons. The second-order valence-electron chi connectivity index (χ2n) is 5.86. The summed E-state index contributed by atoms with van der Waals surface area (Å²) in [5.74, 6) is 1.11. The van der Waals surface area contributed by atoms with Crippen molar-refractivity contribution in [2.45, 2.75) is 31.8 Å². The van der Waals surface area contributed by atoms with Crippen LogP contribution >= 0.6 is 0 Å². The van der Waals surface area contributed by atoms with Gasteiger partial charge < -0.3 is 14.6 Å². The molecule has 2 aliphatic rings. The Balaban J connectivity index is 1.83. The lowest BCUT2D eigenvalue weighted by atomic mass is 10.1. The molecule has 1 saturated heterocycles. The van der Waals surface area contributed by atoms with E-state index in [1.807, 2.05) is 0 Å². The predicted molar refractivity (Wildman–Crippen MR) is 82.2 cm³/mol. The molecule has 0 radical (unpaired) electrons. The molecule has 0 spiro atoms. The van der Waals surface area contributed by atoms with Crippen molar-refractivity contribution in [1.82, 2.24) is 14.9 Å². The van der Waals surface area contributed by atoms with E-state index in [4.69, 9.17) is 9.72 Å². The van der Waals surface area contributed by atoms with E-state index in [1.54, 1.807) is 0 Å². The number of benzene rings is 1. The van der Waals surface area contributed by atoms with Crippen LogP contribution in [0.3, 0.4) is 0 Å². The molecule has 0 aliphatic carbocycles. The van der Waals surface area contributed by atoms with Crippen LogP contribution in [0, 0.1) is 0 Å². The van der Waals surface area contributed by atoms with Gasteiger partial charge in [0.25, 0.3) is 0 Å². The summed E-state index contributed by atoms with van der Waals surface area (Å²) < 4.78 is 8.19. The predicted octanol–water partition coefficient (Wildman–Crippen LogP) is 2.55. The lowest BCUT2D eigenvalue weighted by Crippen LogP contribution is -2.28. The zero-order chi connectivity index (χ0) is 14.1. The van der Waals surface area contributed by atoms with Crippen molar-refractivity contribution in [2.24, 2.45) is 0 Å². The maximum atomic E-state index is 5.72. The van der Waals surface area contributed by atoms with Crippen molar-refractivity contribution in [3.8, 4) is 11.4 Å². The fourth-order valence-corrected chi connectivity index (χ4v) is 3.44. The largest absolute Gasteiger partial charge is 0.379 e. The molecule has 0 bridgehead atoms. The molecule has 4 heteroatoms. The van der Waals surface area contributed by atoms with Gasteiger partial charge in [-0.2, -0.15) is 0 Å². The third-order valence-electron chi connectivity index (χ3n) is 4.46. The van der Waals surface area contributed by atoms with Crippen molar-refractivity contribution in [1.29, 1.82) is 0 Å². The molecule has 2 aliphatic heterocycles. The van der Waals surface area contributed by atoms with E-state index in [-0.39, 0.29) is 0 Å². The van der Waals surface area contributed by atoms with Crippen molar-refractivity contribution in [2.75, 3.05) is 19.8 Å². The number of hydrogen-bond donors (Lipinski definition) is 1. The molecule has 0 saturated carbocycles. The standard InChI is InChI=1S/C17H21N3O/c1-2-5-13(6-3-1)17-19-15-11-18-9-8-16(15)20(17)14-7-4-10-21-12-14/h1-3,5-6,14,18H,4,7-12H2. The monoisotopic (exact) mass is 283 g/mol. The van der Waals surface area contributed by atoms with Crippen LogP contribution in [0.4, 0.5) is 0 Å². The van der Waals surface area contributed by atoms with Gasteiger partial charge in [0.2, 0.25) is 0 Å². The van der Waals surface area contributed by atoms with Crippen LogP contribution in [0.15, 0.2) is 30.3 Å². The first kappa shape index (κ1) is 13.0. The van der Waals surface area contributed by atoms with Gasteiger partial charge in [0, 0.05) is 37.4 Å². The van der Waals surface area contributed by atoms with Gasteiger partial charge in [-0.1, -0.05) is 30.3 Å². The highest BCUT2D eigenvalue weighted by Gasteiger charge is 2.26. The zero-order valence-corrected chi connectivity index (χ0v) is 12.2. The van der Waals surface area contributed by atoms with Crippen LogP contribution in [0.25, 0.3) is 11.4 Å². The summed E-state index contributed by atoms with van der Waals surface area (Å²) in [6.07, 6.45) is 3.39. The number of imidazole rings is 1. The van der Waals surface area contributed by atoms with Gasteiger partial charge in [-0.25, -0.2) is 4.98 Å². The molecule has 1 unspecified atom stereocenters. The number of fused-ring (bicyclic) bond motifs is 1. The molecule has 21 heavy (non-hydrogen) atoms. The molecule has 1 atom stereocenters. The topological polar surface area (TPSA) is 39.1 Å². The van der Waals surface area contributed by atoms with Crippen LogP contribution in [0.2, 0.25) is 0 Å². The summed E-state index contributed by atoms with van der Waals surface area (Å²) in [6, 6.07) is 11.0. The summed E-state index contributed by atoms with van der Waals surface area (Å²) in [6.45, 7) is 3.64. The van der Waals surface area contributed by atoms with E-state index in [1.165, 1.54) is 23.4 Å². The Bertz CT molecular complexity index is 614. The van der Waals surface area contributed by atoms with E-state index >= 15 is 0 Å². The molecule has 4 nitrogen and oxygen atoms in total. The molecule has 1 N–H and O–H groups in total. The summed E-state index contributed by atoms with van der Waals surface area (Å²) in [5.41, 5.74) is 3.83. The highest BCUT2D eigenvalue weighted by atomic mass is 16.5. The Kier molecular flexibility index (Phi) is 3.49. The van der Waals surface area contributed by atoms with Gasteiger partial charge in [0.05, 0.1) is 18.3 Å². The average Bonchev–Trinajstić information content (AvgIpc) is 2.96. The second kappa shape index (κ2) is 5.62. The van der Waals surface area contributed by atoms with E-state index in [0.717, 1.165) is 45.0 Å². The SMILES string of the molecule is c1ccc(-c2nc3c(n2C2CCCOC2)CCNC3)cc1. The Morgan fingerprint density at radius 3 is 2.95 bits per heavy atom. The minimum atomic E-state index is 0.434. The van der Waals surface area contributed by atoms with E-state index < -0.39 is 0 Å². The highest BCUT2D eigenvalue weighted by Crippen LogP contribution is 2.31. The number of nitrogens with one attached hydrogen (secondary N) is 1. The van der Waals surface area contributed by atoms with E-state index in [0.29, 0.717) is 6.04 Å². The third kappa shape index (κ3) is 2.39. The molecule has 1 fully saturated rings. The van der Waals surface area contributed by atoms with Crippen LogP contribution < -0.4 is 5.32 Å². The minimum absolute atomic E-state index is 0.434. The van der Waals surface area contributed by atoms with Crippen molar-refractivity contribution >= 4 is 0 Å². The highest BCUT2D eigenvalue weighted by molar-refractivity contribution is 5.57. The summed E-state index contributed by atoms with van der Waals surface area (Å²) in [4.78, 5) is 4.94. The van der Waals surface area contributed by atoms with E-state index in [2.05, 4.69) is 40.2 Å². The smallest absolute Gasteiger partial charge is 0.140 e. The first-order valence-corrected chi connectivity index (χ1v) is 7.87. The quantitative estimate of drug-likeness (QED) is 0.920. The molecule has 2 aromatic rings. The number of rotatable bonds is 2. The molecule has 3 heterocycles. The van der Waals surface area contributed by atoms with Crippen molar-refractivity contribution in [3.63, 3.8) is 0 Å². The molecule has 1 aromatic carbocycles. The minimum Gasteiger partial charge on any atom is -0.379 e. The number of hydrogen-bond acceptors (Lipinski definition) is 3. The molecule has 4 rings (SSSR count). The van der Waals surface area contributed by atoms with Gasteiger partial charge in [0.15, 0.2) is 0 Å². The van der Waals surface area contributed by atoms with Crippen LogP contribution in [0.1, 0.15) is 30.3 Å². The summed E-state index contributed by atoms with van der Waals surface area (Å²) in [5, 5.41) is 3.43. The van der Waals surface area contributed by atoms with Gasteiger partial charge >= 0.3 is 0 Å². The first-order chi connectivity index (χ1) is 10.4. The Morgan fingerprint density at radius 2 is 2.14 bits per heavy atom. The second-order valence-corrected chi connectivity index (χ2v) is 5.86. The number of aromatic nitrogens is 2. The van der Waals surface area contributed by atoms with Crippen molar-refractivity contribution < 1.29 is 4.74 Å². The number of ether oxygens (including phenoxy) is 1. The van der Waals surface area contributed by atoms with Gasteiger partial charge in [-0.15, -0.1) is 0 Å². The van der Waals surface area contributed by atoms with Gasteiger partial charge in [-0.05, 0) is 12.8 Å². The van der Waals surface area contributed by atoms with Gasteiger partial charge in [-0.3, -0.25) is 0 Å². The lowest BCUT2D eigenvalue weighted by molar-refractivity contribution is 0.0587. The molecular weight excluding hydrogens is 262 g/mol. The van der Waals surface area contributed by atoms with Gasteiger partial charge in [0.1, 0.15) is 5.82 Å². The van der Waals surface area contributed by atoms with Crippen LogP contribution in [-0.2, 0) is 17.7 Å². The maximum Gasteiger partial charge on any atom is 0.140 e. The summed E-state index contributed by atoms with van der Waals surface area (Å²) >= 11 is 0. The molecular formula is C17H21N3O. The molecule has 1 aromatic heterocycles. The van der Waals surface area contributed by atoms with E-state index in [9.17, 15) is 0 Å². The lowest BCUT2D eigenvalue weighted by Gasteiger charge is -2.28. The summed E-state index contributed by atoms with van der Waals surface area (Å²) in [7, 11) is 0. The Hall–Kier alpha value is -1.65. The van der Waals surface area contributed by atoms with Crippen molar-refractivity contribution in [3.05, 3.63) is 41.7 Å². The van der Waals surface area contributed by atoms with Crippen LogP contribution in [-0.4, -0.2) is 29.3 Å². The number of nitrogens with zero attached hydrogens (tertiary/aromatic N) is 2. The maximum absolute atomic E-state index is 5.72.